The lowest BCUT2D eigenvalue weighted by molar-refractivity contribution is 0.119. The molecule has 0 spiro atoms. The summed E-state index contributed by atoms with van der Waals surface area (Å²) in [5, 5.41) is 6.49. The zero-order valence-electron chi connectivity index (χ0n) is 12.9. The lowest BCUT2D eigenvalue weighted by atomic mass is 9.96. The average molecular weight is 291 g/mol. The lowest BCUT2D eigenvalue weighted by Gasteiger charge is -2.27. The van der Waals surface area contributed by atoms with E-state index in [1.54, 1.807) is 14.2 Å². The molecule has 0 aliphatic heterocycles. The van der Waals surface area contributed by atoms with Crippen LogP contribution < -0.4 is 15.4 Å². The predicted molar refractivity (Wildman–Crippen MR) is 84.8 cm³/mol. The van der Waals surface area contributed by atoms with Crippen LogP contribution in [0.2, 0.25) is 0 Å². The van der Waals surface area contributed by atoms with Crippen molar-refractivity contribution in [1.82, 2.24) is 10.6 Å². The van der Waals surface area contributed by atoms with Gasteiger partial charge < -0.3 is 20.1 Å². The summed E-state index contributed by atoms with van der Waals surface area (Å²) in [7, 11) is 3.45. The van der Waals surface area contributed by atoms with E-state index >= 15 is 0 Å². The van der Waals surface area contributed by atoms with E-state index in [0.29, 0.717) is 19.3 Å². The van der Waals surface area contributed by atoms with E-state index in [-0.39, 0.29) is 0 Å². The van der Waals surface area contributed by atoms with Gasteiger partial charge in [0.15, 0.2) is 5.96 Å². The first-order chi connectivity index (χ1) is 10.3. The van der Waals surface area contributed by atoms with Crippen LogP contribution >= 0.6 is 0 Å². The third kappa shape index (κ3) is 4.93. The number of nitrogens with zero attached hydrogens (tertiary/aromatic N) is 1. The molecule has 1 fully saturated rings. The standard InChI is InChI=1S/C16H25N3O2/c1-17-16(18-10-11-20-2)19-12-13-6-3-4-9-15(13)21-14-7-5-8-14/h3-4,6,9,14H,5,7-8,10-12H2,1-2H3,(H2,17,18,19). The van der Waals surface area contributed by atoms with E-state index in [4.69, 9.17) is 9.47 Å². The van der Waals surface area contributed by atoms with Crippen molar-refractivity contribution in [3.63, 3.8) is 0 Å². The lowest BCUT2D eigenvalue weighted by Crippen LogP contribution is -2.38. The molecule has 5 heteroatoms. The summed E-state index contributed by atoms with van der Waals surface area (Å²) < 4.78 is 11.0. The van der Waals surface area contributed by atoms with Crippen molar-refractivity contribution in [3.05, 3.63) is 29.8 Å². The highest BCUT2D eigenvalue weighted by atomic mass is 16.5. The molecular weight excluding hydrogens is 266 g/mol. The fourth-order valence-electron chi connectivity index (χ4n) is 2.10. The first-order valence-corrected chi connectivity index (χ1v) is 7.51. The minimum Gasteiger partial charge on any atom is -0.490 e. The predicted octanol–water partition coefficient (Wildman–Crippen LogP) is 1.93. The highest BCUT2D eigenvalue weighted by molar-refractivity contribution is 5.79. The monoisotopic (exact) mass is 291 g/mol. The number of hydrogen-bond acceptors (Lipinski definition) is 3. The third-order valence-electron chi connectivity index (χ3n) is 3.59. The number of guanidine groups is 1. The molecular formula is C16H25N3O2. The van der Waals surface area contributed by atoms with Crippen LogP contribution in [0.25, 0.3) is 0 Å². The summed E-state index contributed by atoms with van der Waals surface area (Å²) in [6, 6.07) is 8.18. The van der Waals surface area contributed by atoms with E-state index < -0.39 is 0 Å². The second-order valence-electron chi connectivity index (χ2n) is 5.12. The van der Waals surface area contributed by atoms with Crippen molar-refractivity contribution in [3.8, 4) is 5.75 Å². The van der Waals surface area contributed by atoms with Gasteiger partial charge in [-0.15, -0.1) is 0 Å². The van der Waals surface area contributed by atoms with Gasteiger partial charge in [0.05, 0.1) is 12.7 Å². The molecule has 1 saturated carbocycles. The van der Waals surface area contributed by atoms with Gasteiger partial charge >= 0.3 is 0 Å². The second-order valence-corrected chi connectivity index (χ2v) is 5.12. The number of methoxy groups -OCH3 is 1. The molecule has 1 aliphatic carbocycles. The highest BCUT2D eigenvalue weighted by Crippen LogP contribution is 2.27. The Morgan fingerprint density at radius 2 is 2.10 bits per heavy atom. The van der Waals surface area contributed by atoms with Crippen molar-refractivity contribution in [2.45, 2.75) is 31.9 Å². The third-order valence-corrected chi connectivity index (χ3v) is 3.59. The van der Waals surface area contributed by atoms with Crippen molar-refractivity contribution in [1.29, 1.82) is 0 Å². The molecule has 0 unspecified atom stereocenters. The summed E-state index contributed by atoms with van der Waals surface area (Å²) >= 11 is 0. The van der Waals surface area contributed by atoms with Crippen LogP contribution in [-0.2, 0) is 11.3 Å². The molecule has 0 radical (unpaired) electrons. The molecule has 21 heavy (non-hydrogen) atoms. The Labute approximate surface area is 126 Å². The van der Waals surface area contributed by atoms with Gasteiger partial charge in [-0.05, 0) is 25.3 Å². The molecule has 2 N–H and O–H groups in total. The first-order valence-electron chi connectivity index (χ1n) is 7.51. The smallest absolute Gasteiger partial charge is 0.191 e. The molecule has 0 bridgehead atoms. The fourth-order valence-corrected chi connectivity index (χ4v) is 2.10. The number of benzene rings is 1. The van der Waals surface area contributed by atoms with Crippen molar-refractivity contribution >= 4 is 5.96 Å². The number of rotatable bonds is 7. The van der Waals surface area contributed by atoms with Crippen LogP contribution in [-0.4, -0.2) is 39.4 Å². The number of aliphatic imine (C=N–C) groups is 1. The summed E-state index contributed by atoms with van der Waals surface area (Å²) in [6.07, 6.45) is 4.01. The van der Waals surface area contributed by atoms with E-state index in [2.05, 4.69) is 21.7 Å². The van der Waals surface area contributed by atoms with Gasteiger partial charge in [-0.25, -0.2) is 0 Å². The van der Waals surface area contributed by atoms with E-state index in [0.717, 1.165) is 23.8 Å². The first kappa shape index (κ1) is 15.6. The molecule has 1 aromatic rings. The molecule has 1 aromatic carbocycles. The van der Waals surface area contributed by atoms with Crippen LogP contribution in [0.5, 0.6) is 5.75 Å². The van der Waals surface area contributed by atoms with Crippen molar-refractivity contribution in [2.24, 2.45) is 4.99 Å². The topological polar surface area (TPSA) is 54.9 Å². The highest BCUT2D eigenvalue weighted by Gasteiger charge is 2.20. The summed E-state index contributed by atoms with van der Waals surface area (Å²) in [5.74, 6) is 1.74. The molecule has 116 valence electrons. The van der Waals surface area contributed by atoms with Gasteiger partial charge in [0.2, 0.25) is 0 Å². The summed E-state index contributed by atoms with van der Waals surface area (Å²) in [4.78, 5) is 4.19. The van der Waals surface area contributed by atoms with Crippen molar-refractivity contribution < 1.29 is 9.47 Å². The largest absolute Gasteiger partial charge is 0.490 e. The number of hydrogen-bond donors (Lipinski definition) is 2. The Hall–Kier alpha value is -1.75. The Morgan fingerprint density at radius 3 is 2.76 bits per heavy atom. The summed E-state index contributed by atoms with van der Waals surface area (Å²) in [5.41, 5.74) is 1.15. The maximum atomic E-state index is 6.03. The molecule has 0 amide bonds. The minimum atomic E-state index is 0.394. The molecule has 0 atom stereocenters. The van der Waals surface area contributed by atoms with Crippen molar-refractivity contribution in [2.75, 3.05) is 27.3 Å². The molecule has 5 nitrogen and oxygen atoms in total. The molecule has 0 heterocycles. The Balaban J connectivity index is 1.86. The van der Waals surface area contributed by atoms with Crippen LogP contribution in [0.15, 0.2) is 29.3 Å². The van der Waals surface area contributed by atoms with Crippen LogP contribution in [0.1, 0.15) is 24.8 Å². The van der Waals surface area contributed by atoms with E-state index in [1.165, 1.54) is 19.3 Å². The Morgan fingerprint density at radius 1 is 1.29 bits per heavy atom. The normalized spacial score (nSPS) is 15.4. The van der Waals surface area contributed by atoms with Crippen LogP contribution in [0.4, 0.5) is 0 Å². The van der Waals surface area contributed by atoms with Gasteiger partial charge in [0.1, 0.15) is 5.75 Å². The van der Waals surface area contributed by atoms with Gasteiger partial charge in [-0.3, -0.25) is 4.99 Å². The fraction of sp³-hybridized carbons (Fsp3) is 0.562. The van der Waals surface area contributed by atoms with Gasteiger partial charge in [-0.2, -0.15) is 0 Å². The SMILES string of the molecule is CN=C(NCCOC)NCc1ccccc1OC1CCC1. The quantitative estimate of drug-likeness (QED) is 0.458. The van der Waals surface area contributed by atoms with E-state index in [9.17, 15) is 0 Å². The van der Waals surface area contributed by atoms with Crippen LogP contribution in [0.3, 0.4) is 0 Å². The minimum absolute atomic E-state index is 0.394. The van der Waals surface area contributed by atoms with Gasteiger partial charge in [0.25, 0.3) is 0 Å². The molecule has 0 aromatic heterocycles. The van der Waals surface area contributed by atoms with Crippen LogP contribution in [0, 0.1) is 0 Å². The maximum Gasteiger partial charge on any atom is 0.191 e. The molecule has 2 rings (SSSR count). The second kappa shape index (κ2) is 8.52. The zero-order valence-corrected chi connectivity index (χ0v) is 12.9. The number of nitrogens with one attached hydrogen (secondary N) is 2. The Kier molecular flexibility index (Phi) is 6.34. The zero-order chi connectivity index (χ0) is 14.9. The Bertz CT molecular complexity index is 459. The van der Waals surface area contributed by atoms with E-state index in [1.807, 2.05) is 18.2 Å². The molecule has 1 aliphatic rings. The maximum absolute atomic E-state index is 6.03. The average Bonchev–Trinajstić information content (AvgIpc) is 2.47. The summed E-state index contributed by atoms with van der Waals surface area (Å²) in [6.45, 7) is 2.08. The van der Waals surface area contributed by atoms with Gasteiger partial charge in [-0.1, -0.05) is 18.2 Å². The van der Waals surface area contributed by atoms with Gasteiger partial charge in [0, 0.05) is 32.8 Å². The number of para-hydroxylation sites is 1. The number of ether oxygens (including phenoxy) is 2. The molecule has 0 saturated heterocycles.